The highest BCUT2D eigenvalue weighted by Crippen LogP contribution is 2.08. The van der Waals surface area contributed by atoms with Crippen LogP contribution < -0.4 is 5.32 Å². The van der Waals surface area contributed by atoms with Gasteiger partial charge in [-0.1, -0.05) is 22.9 Å². The Kier molecular flexibility index (Phi) is 5.55. The third-order valence-electron chi connectivity index (χ3n) is 4.06. The smallest absolute Gasteiger partial charge is 0.273 e. The molecule has 1 aliphatic heterocycles. The van der Waals surface area contributed by atoms with E-state index in [1.165, 1.54) is 5.56 Å². The van der Waals surface area contributed by atoms with E-state index in [0.29, 0.717) is 12.2 Å². The Bertz CT molecular complexity index is 662. The molecular weight excluding hydrogens is 306 g/mol. The fourth-order valence-corrected chi connectivity index (χ4v) is 2.61. The van der Waals surface area contributed by atoms with E-state index in [1.54, 1.807) is 10.9 Å². The molecule has 128 valence electrons. The highest BCUT2D eigenvalue weighted by molar-refractivity contribution is 5.91. The SMILES string of the molecule is Cc1ccc(-n2cc(C(=O)NCCCN3CCOCC3)nn2)cc1. The van der Waals surface area contributed by atoms with Crippen LogP contribution in [0.1, 0.15) is 22.5 Å². The maximum atomic E-state index is 12.1. The summed E-state index contributed by atoms with van der Waals surface area (Å²) in [5, 5.41) is 10.9. The Balaban J connectivity index is 1.46. The topological polar surface area (TPSA) is 72.3 Å². The van der Waals surface area contributed by atoms with Crippen LogP contribution in [0.15, 0.2) is 30.5 Å². The van der Waals surface area contributed by atoms with E-state index in [4.69, 9.17) is 4.74 Å². The van der Waals surface area contributed by atoms with E-state index >= 15 is 0 Å². The fraction of sp³-hybridized carbons (Fsp3) is 0.471. The molecule has 7 nitrogen and oxygen atoms in total. The summed E-state index contributed by atoms with van der Waals surface area (Å²) in [4.78, 5) is 14.5. The second kappa shape index (κ2) is 8.03. The van der Waals surface area contributed by atoms with Crippen LogP contribution in [-0.2, 0) is 4.74 Å². The van der Waals surface area contributed by atoms with Gasteiger partial charge in [-0.2, -0.15) is 0 Å². The second-order valence-electron chi connectivity index (χ2n) is 5.95. The Morgan fingerprint density at radius 3 is 2.75 bits per heavy atom. The van der Waals surface area contributed by atoms with E-state index in [9.17, 15) is 4.79 Å². The second-order valence-corrected chi connectivity index (χ2v) is 5.95. The van der Waals surface area contributed by atoms with E-state index in [0.717, 1.165) is 45.0 Å². The lowest BCUT2D eigenvalue weighted by Crippen LogP contribution is -2.38. The monoisotopic (exact) mass is 329 g/mol. The van der Waals surface area contributed by atoms with Crippen LogP contribution in [0.25, 0.3) is 5.69 Å². The largest absolute Gasteiger partial charge is 0.379 e. The number of nitrogens with one attached hydrogen (secondary N) is 1. The van der Waals surface area contributed by atoms with Crippen molar-refractivity contribution in [3.8, 4) is 5.69 Å². The average Bonchev–Trinajstić information content (AvgIpc) is 3.10. The Morgan fingerprint density at radius 2 is 2.00 bits per heavy atom. The van der Waals surface area contributed by atoms with E-state index in [2.05, 4.69) is 20.5 Å². The van der Waals surface area contributed by atoms with Crippen molar-refractivity contribution in [3.63, 3.8) is 0 Å². The summed E-state index contributed by atoms with van der Waals surface area (Å²) < 4.78 is 6.93. The molecule has 3 rings (SSSR count). The zero-order valence-corrected chi connectivity index (χ0v) is 13.9. The Labute approximate surface area is 141 Å². The first-order valence-corrected chi connectivity index (χ1v) is 8.30. The Morgan fingerprint density at radius 1 is 1.25 bits per heavy atom. The predicted molar refractivity (Wildman–Crippen MR) is 90.3 cm³/mol. The number of aryl methyl sites for hydroxylation is 1. The molecule has 1 saturated heterocycles. The van der Waals surface area contributed by atoms with Crippen molar-refractivity contribution in [2.24, 2.45) is 0 Å². The maximum Gasteiger partial charge on any atom is 0.273 e. The quantitative estimate of drug-likeness (QED) is 0.802. The maximum absolute atomic E-state index is 12.1. The van der Waals surface area contributed by atoms with Crippen molar-refractivity contribution in [1.82, 2.24) is 25.2 Å². The van der Waals surface area contributed by atoms with Crippen LogP contribution in [0.5, 0.6) is 0 Å². The summed E-state index contributed by atoms with van der Waals surface area (Å²) in [5.74, 6) is -0.185. The van der Waals surface area contributed by atoms with Crippen molar-refractivity contribution < 1.29 is 9.53 Å². The predicted octanol–water partition coefficient (Wildman–Crippen LogP) is 1.03. The van der Waals surface area contributed by atoms with Gasteiger partial charge in [0.1, 0.15) is 0 Å². The van der Waals surface area contributed by atoms with E-state index in [-0.39, 0.29) is 5.91 Å². The molecule has 2 aromatic rings. The number of morpholine rings is 1. The molecular formula is C17H23N5O2. The van der Waals surface area contributed by atoms with Crippen LogP contribution in [0.3, 0.4) is 0 Å². The summed E-state index contributed by atoms with van der Waals surface area (Å²) in [6.07, 6.45) is 2.57. The molecule has 1 aromatic heterocycles. The molecule has 1 fully saturated rings. The van der Waals surface area contributed by atoms with Gasteiger partial charge in [0.05, 0.1) is 25.1 Å². The van der Waals surface area contributed by atoms with Crippen molar-refractivity contribution in [2.45, 2.75) is 13.3 Å². The molecule has 24 heavy (non-hydrogen) atoms. The first-order chi connectivity index (χ1) is 11.7. The van der Waals surface area contributed by atoms with Gasteiger partial charge in [-0.15, -0.1) is 5.10 Å². The number of ether oxygens (including phenoxy) is 1. The number of hydrogen-bond donors (Lipinski definition) is 1. The van der Waals surface area contributed by atoms with Crippen LogP contribution in [0.4, 0.5) is 0 Å². The van der Waals surface area contributed by atoms with Gasteiger partial charge in [-0.05, 0) is 32.0 Å². The molecule has 0 bridgehead atoms. The van der Waals surface area contributed by atoms with Gasteiger partial charge in [0.25, 0.3) is 5.91 Å². The molecule has 1 aromatic carbocycles. The number of carbonyl (C=O) groups excluding carboxylic acids is 1. The molecule has 0 unspecified atom stereocenters. The highest BCUT2D eigenvalue weighted by atomic mass is 16.5. The van der Waals surface area contributed by atoms with Gasteiger partial charge in [0.2, 0.25) is 0 Å². The lowest BCUT2D eigenvalue weighted by molar-refractivity contribution is 0.0374. The summed E-state index contributed by atoms with van der Waals surface area (Å²) in [7, 11) is 0. The van der Waals surface area contributed by atoms with Gasteiger partial charge >= 0.3 is 0 Å². The van der Waals surface area contributed by atoms with Crippen molar-refractivity contribution in [3.05, 3.63) is 41.7 Å². The van der Waals surface area contributed by atoms with E-state index < -0.39 is 0 Å². The van der Waals surface area contributed by atoms with Crippen LogP contribution in [0, 0.1) is 6.92 Å². The molecule has 1 N–H and O–H groups in total. The number of benzene rings is 1. The van der Waals surface area contributed by atoms with Crippen LogP contribution >= 0.6 is 0 Å². The Hall–Kier alpha value is -2.25. The normalized spacial score (nSPS) is 15.4. The standard InChI is InChI=1S/C17H23N5O2/c1-14-3-5-15(6-4-14)22-13-16(19-20-22)17(23)18-7-2-8-21-9-11-24-12-10-21/h3-6,13H,2,7-12H2,1H3,(H,18,23). The van der Waals surface area contributed by atoms with Crippen molar-refractivity contribution in [2.75, 3.05) is 39.4 Å². The number of rotatable bonds is 6. The molecule has 0 radical (unpaired) electrons. The minimum absolute atomic E-state index is 0.185. The van der Waals surface area contributed by atoms with Crippen LogP contribution in [-0.4, -0.2) is 65.2 Å². The molecule has 1 amide bonds. The number of hydrogen-bond acceptors (Lipinski definition) is 5. The van der Waals surface area contributed by atoms with Crippen molar-refractivity contribution in [1.29, 1.82) is 0 Å². The third-order valence-corrected chi connectivity index (χ3v) is 4.06. The lowest BCUT2D eigenvalue weighted by atomic mass is 10.2. The highest BCUT2D eigenvalue weighted by Gasteiger charge is 2.12. The number of nitrogens with zero attached hydrogens (tertiary/aromatic N) is 4. The fourth-order valence-electron chi connectivity index (χ4n) is 2.61. The molecule has 2 heterocycles. The zero-order valence-electron chi connectivity index (χ0n) is 13.9. The first kappa shape index (κ1) is 16.6. The van der Waals surface area contributed by atoms with Gasteiger partial charge in [0, 0.05) is 19.6 Å². The molecule has 1 aliphatic rings. The minimum Gasteiger partial charge on any atom is -0.379 e. The lowest BCUT2D eigenvalue weighted by Gasteiger charge is -2.26. The summed E-state index contributed by atoms with van der Waals surface area (Å²) in [5.41, 5.74) is 2.40. The summed E-state index contributed by atoms with van der Waals surface area (Å²) >= 11 is 0. The molecule has 0 saturated carbocycles. The minimum atomic E-state index is -0.185. The number of amides is 1. The molecule has 0 spiro atoms. The van der Waals surface area contributed by atoms with Gasteiger partial charge in [-0.25, -0.2) is 4.68 Å². The summed E-state index contributed by atoms with van der Waals surface area (Å²) in [6, 6.07) is 7.91. The van der Waals surface area contributed by atoms with Gasteiger partial charge < -0.3 is 10.1 Å². The van der Waals surface area contributed by atoms with Gasteiger partial charge in [-0.3, -0.25) is 9.69 Å². The van der Waals surface area contributed by atoms with E-state index in [1.807, 2.05) is 31.2 Å². The number of aromatic nitrogens is 3. The first-order valence-electron chi connectivity index (χ1n) is 8.30. The van der Waals surface area contributed by atoms with Crippen molar-refractivity contribution >= 4 is 5.91 Å². The summed E-state index contributed by atoms with van der Waals surface area (Å²) in [6.45, 7) is 7.18. The molecule has 0 atom stereocenters. The van der Waals surface area contributed by atoms with Gasteiger partial charge in [0.15, 0.2) is 5.69 Å². The average molecular weight is 329 g/mol. The zero-order chi connectivity index (χ0) is 16.8. The number of carbonyl (C=O) groups is 1. The third kappa shape index (κ3) is 4.39. The molecule has 7 heteroatoms. The molecule has 0 aliphatic carbocycles. The van der Waals surface area contributed by atoms with Crippen LogP contribution in [0.2, 0.25) is 0 Å².